The second-order valence-corrected chi connectivity index (χ2v) is 5.57. The van der Waals surface area contributed by atoms with Crippen molar-refractivity contribution in [2.24, 2.45) is 0 Å². The number of hydrogen-bond acceptors (Lipinski definition) is 1. The first-order valence-electron chi connectivity index (χ1n) is 5.71. The van der Waals surface area contributed by atoms with E-state index >= 15 is 0 Å². The zero-order valence-corrected chi connectivity index (χ0v) is 12.6. The molecule has 0 amide bonds. The van der Waals surface area contributed by atoms with Gasteiger partial charge in [0.2, 0.25) is 0 Å². The summed E-state index contributed by atoms with van der Waals surface area (Å²) < 4.78 is 14.2. The van der Waals surface area contributed by atoms with Gasteiger partial charge in [-0.15, -0.1) is 0 Å². The van der Waals surface area contributed by atoms with Crippen LogP contribution in [0.4, 0.5) is 4.39 Å². The van der Waals surface area contributed by atoms with Gasteiger partial charge in [0.15, 0.2) is 5.78 Å². The van der Waals surface area contributed by atoms with Gasteiger partial charge in [0.25, 0.3) is 0 Å². The van der Waals surface area contributed by atoms with Crippen LogP contribution in [-0.4, -0.2) is 5.78 Å². The van der Waals surface area contributed by atoms with Gasteiger partial charge in [0.05, 0.1) is 5.02 Å². The van der Waals surface area contributed by atoms with Crippen molar-refractivity contribution in [2.75, 3.05) is 0 Å². The Bertz CT molecular complexity index is 640. The second-order valence-electron chi connectivity index (χ2n) is 4.27. The third kappa shape index (κ3) is 3.23. The van der Waals surface area contributed by atoms with Crippen molar-refractivity contribution in [3.8, 4) is 0 Å². The van der Waals surface area contributed by atoms with Gasteiger partial charge in [-0.3, -0.25) is 4.79 Å². The van der Waals surface area contributed by atoms with E-state index in [9.17, 15) is 9.18 Å². The van der Waals surface area contributed by atoms with Gasteiger partial charge in [-0.1, -0.05) is 45.7 Å². The lowest BCUT2D eigenvalue weighted by molar-refractivity contribution is 0.0992. The van der Waals surface area contributed by atoms with Crippen LogP contribution in [0.25, 0.3) is 0 Å². The SMILES string of the molecule is Cc1ccc(Br)cc1C(=O)Cc1cccc(F)c1Cl. The van der Waals surface area contributed by atoms with Crippen LogP contribution in [0.15, 0.2) is 40.9 Å². The molecule has 0 aliphatic rings. The zero-order chi connectivity index (χ0) is 14.0. The Kier molecular flexibility index (Phi) is 4.38. The van der Waals surface area contributed by atoms with Crippen molar-refractivity contribution >= 4 is 33.3 Å². The van der Waals surface area contributed by atoms with E-state index in [1.807, 2.05) is 19.1 Å². The van der Waals surface area contributed by atoms with Crippen molar-refractivity contribution in [3.05, 3.63) is 68.4 Å². The number of hydrogen-bond donors (Lipinski definition) is 0. The van der Waals surface area contributed by atoms with Gasteiger partial charge in [0.1, 0.15) is 5.82 Å². The fourth-order valence-electron chi connectivity index (χ4n) is 1.85. The summed E-state index contributed by atoms with van der Waals surface area (Å²) in [5.41, 5.74) is 2.02. The van der Waals surface area contributed by atoms with Gasteiger partial charge < -0.3 is 0 Å². The molecule has 2 aromatic carbocycles. The molecular formula is C15H11BrClFO. The first-order chi connectivity index (χ1) is 8.99. The number of halogens is 3. The van der Waals surface area contributed by atoms with Crippen molar-refractivity contribution < 1.29 is 9.18 Å². The maximum absolute atomic E-state index is 13.3. The summed E-state index contributed by atoms with van der Waals surface area (Å²) in [7, 11) is 0. The molecule has 0 atom stereocenters. The van der Waals surface area contributed by atoms with Gasteiger partial charge in [0, 0.05) is 16.5 Å². The Labute approximate surface area is 124 Å². The van der Waals surface area contributed by atoms with Gasteiger partial charge >= 0.3 is 0 Å². The number of rotatable bonds is 3. The Balaban J connectivity index is 2.31. The van der Waals surface area contributed by atoms with Crippen LogP contribution in [0, 0.1) is 12.7 Å². The Hall–Kier alpha value is -1.19. The third-order valence-electron chi connectivity index (χ3n) is 2.88. The largest absolute Gasteiger partial charge is 0.294 e. The average molecular weight is 342 g/mol. The summed E-state index contributed by atoms with van der Waals surface area (Å²) in [6, 6.07) is 10.0. The van der Waals surface area contributed by atoms with Crippen LogP contribution >= 0.6 is 27.5 Å². The zero-order valence-electron chi connectivity index (χ0n) is 10.2. The van der Waals surface area contributed by atoms with E-state index in [-0.39, 0.29) is 17.2 Å². The van der Waals surface area contributed by atoms with E-state index < -0.39 is 5.82 Å². The molecule has 0 aliphatic carbocycles. The van der Waals surface area contributed by atoms with E-state index in [0.29, 0.717) is 11.1 Å². The molecule has 0 aromatic heterocycles. The molecule has 1 nitrogen and oxygen atoms in total. The minimum Gasteiger partial charge on any atom is -0.294 e. The Morgan fingerprint density at radius 3 is 2.79 bits per heavy atom. The fraction of sp³-hybridized carbons (Fsp3) is 0.133. The minimum atomic E-state index is -0.502. The number of benzene rings is 2. The van der Waals surface area contributed by atoms with Crippen molar-refractivity contribution in [2.45, 2.75) is 13.3 Å². The maximum Gasteiger partial charge on any atom is 0.167 e. The predicted octanol–water partition coefficient (Wildman–Crippen LogP) is 4.98. The number of aryl methyl sites for hydroxylation is 1. The van der Waals surface area contributed by atoms with E-state index in [1.54, 1.807) is 18.2 Å². The molecule has 0 saturated heterocycles. The number of Topliss-reactive ketones (excluding diaryl/α,β-unsaturated/α-hetero) is 1. The highest BCUT2D eigenvalue weighted by molar-refractivity contribution is 9.10. The quantitative estimate of drug-likeness (QED) is 0.720. The molecule has 0 unspecified atom stereocenters. The monoisotopic (exact) mass is 340 g/mol. The highest BCUT2D eigenvalue weighted by Gasteiger charge is 2.14. The molecule has 0 bridgehead atoms. The van der Waals surface area contributed by atoms with E-state index in [2.05, 4.69) is 15.9 Å². The van der Waals surface area contributed by atoms with Crippen LogP contribution in [0.5, 0.6) is 0 Å². The first-order valence-corrected chi connectivity index (χ1v) is 6.88. The molecule has 0 aliphatic heterocycles. The molecule has 0 saturated carbocycles. The second kappa shape index (κ2) is 5.85. The van der Waals surface area contributed by atoms with Gasteiger partial charge in [-0.25, -0.2) is 4.39 Å². The molecule has 2 aromatic rings. The molecule has 0 N–H and O–H groups in total. The fourth-order valence-corrected chi connectivity index (χ4v) is 2.40. The van der Waals surface area contributed by atoms with Crippen molar-refractivity contribution in [1.29, 1.82) is 0 Å². The average Bonchev–Trinajstić information content (AvgIpc) is 2.38. The minimum absolute atomic E-state index is 0.0171. The molecule has 0 fully saturated rings. The summed E-state index contributed by atoms with van der Waals surface area (Å²) >= 11 is 9.20. The van der Waals surface area contributed by atoms with E-state index in [1.165, 1.54) is 6.07 Å². The highest BCUT2D eigenvalue weighted by atomic mass is 79.9. The number of ketones is 1. The predicted molar refractivity (Wildman–Crippen MR) is 78.3 cm³/mol. The Morgan fingerprint density at radius 1 is 1.32 bits per heavy atom. The summed E-state index contributed by atoms with van der Waals surface area (Å²) in [6.45, 7) is 1.87. The van der Waals surface area contributed by atoms with Gasteiger partial charge in [-0.2, -0.15) is 0 Å². The van der Waals surface area contributed by atoms with Crippen LogP contribution < -0.4 is 0 Å². The van der Waals surface area contributed by atoms with Gasteiger partial charge in [-0.05, 0) is 36.2 Å². The highest BCUT2D eigenvalue weighted by Crippen LogP contribution is 2.23. The smallest absolute Gasteiger partial charge is 0.167 e. The third-order valence-corrected chi connectivity index (χ3v) is 3.80. The van der Waals surface area contributed by atoms with Crippen molar-refractivity contribution in [3.63, 3.8) is 0 Å². The summed E-state index contributed by atoms with van der Waals surface area (Å²) in [5, 5.41) is 0.0171. The molecule has 2 rings (SSSR count). The van der Waals surface area contributed by atoms with Crippen molar-refractivity contribution in [1.82, 2.24) is 0 Å². The lowest BCUT2D eigenvalue weighted by atomic mass is 9.99. The topological polar surface area (TPSA) is 17.1 Å². The van der Waals surface area contributed by atoms with Crippen LogP contribution in [0.1, 0.15) is 21.5 Å². The number of carbonyl (C=O) groups is 1. The van der Waals surface area contributed by atoms with Crippen LogP contribution in [0.3, 0.4) is 0 Å². The lowest BCUT2D eigenvalue weighted by Gasteiger charge is -2.07. The molecule has 4 heteroatoms. The summed E-state index contributed by atoms with van der Waals surface area (Å²) in [5.74, 6) is -0.579. The molecule has 98 valence electrons. The maximum atomic E-state index is 13.3. The van der Waals surface area contributed by atoms with Crippen LogP contribution in [0.2, 0.25) is 5.02 Å². The number of carbonyl (C=O) groups excluding carboxylic acids is 1. The molecule has 0 heterocycles. The van der Waals surface area contributed by atoms with Crippen LogP contribution in [-0.2, 0) is 6.42 Å². The molecule has 0 spiro atoms. The van der Waals surface area contributed by atoms with E-state index in [0.717, 1.165) is 10.0 Å². The normalized spacial score (nSPS) is 10.5. The summed E-state index contributed by atoms with van der Waals surface area (Å²) in [6.07, 6.45) is 0.0912. The molecule has 0 radical (unpaired) electrons. The summed E-state index contributed by atoms with van der Waals surface area (Å²) in [4.78, 5) is 12.2. The van der Waals surface area contributed by atoms with E-state index in [4.69, 9.17) is 11.6 Å². The molecule has 19 heavy (non-hydrogen) atoms. The Morgan fingerprint density at radius 2 is 2.05 bits per heavy atom. The first kappa shape index (κ1) is 14.2. The standard InChI is InChI=1S/C15H11BrClFO/c1-9-5-6-11(16)8-12(9)14(19)7-10-3-2-4-13(18)15(10)17/h2-6,8H,7H2,1H3. The lowest BCUT2D eigenvalue weighted by Crippen LogP contribution is -2.06. The molecular weight excluding hydrogens is 331 g/mol.